The number of amides is 2. The van der Waals surface area contributed by atoms with Gasteiger partial charge in [-0.25, -0.2) is 9.59 Å². The minimum Gasteiger partial charge on any atom is -0.481 e. The first kappa shape index (κ1) is 26.1. The van der Waals surface area contributed by atoms with Crippen molar-refractivity contribution in [3.63, 3.8) is 0 Å². The first-order valence-electron chi connectivity index (χ1n) is 13.4. The number of aliphatic carboxylic acids is 1. The van der Waals surface area contributed by atoms with Crippen LogP contribution in [0.5, 0.6) is 0 Å². The summed E-state index contributed by atoms with van der Waals surface area (Å²) in [5.74, 6) is -1.56. The third-order valence-electron chi connectivity index (χ3n) is 8.07. The zero-order chi connectivity index (χ0) is 27.0. The molecule has 0 unspecified atom stereocenters. The van der Waals surface area contributed by atoms with E-state index in [-0.39, 0.29) is 37.0 Å². The molecule has 0 aromatic heterocycles. The van der Waals surface area contributed by atoms with Gasteiger partial charge < -0.3 is 24.4 Å². The number of carbonyl (C=O) groups excluding carboxylic acids is 2. The highest BCUT2D eigenvalue weighted by Gasteiger charge is 2.45. The van der Waals surface area contributed by atoms with Crippen molar-refractivity contribution < 1.29 is 29.0 Å². The maximum absolute atomic E-state index is 13.0. The second-order valence-electron chi connectivity index (χ2n) is 11.6. The van der Waals surface area contributed by atoms with Crippen molar-refractivity contribution in [1.29, 1.82) is 0 Å². The number of hydrogen-bond donors (Lipinski definition) is 1. The Morgan fingerprint density at radius 1 is 0.868 bits per heavy atom. The number of carbonyl (C=O) groups is 3. The van der Waals surface area contributed by atoms with Gasteiger partial charge in [0.1, 0.15) is 12.2 Å². The average molecular weight is 521 g/mol. The molecule has 202 valence electrons. The molecule has 2 aromatic rings. The van der Waals surface area contributed by atoms with Crippen LogP contribution in [0.2, 0.25) is 0 Å². The Kier molecular flexibility index (Phi) is 7.07. The minimum atomic E-state index is -0.889. The third-order valence-corrected chi connectivity index (χ3v) is 8.07. The van der Waals surface area contributed by atoms with Crippen LogP contribution in [-0.2, 0) is 14.3 Å². The number of fused-ring (bicyclic) bond motifs is 3. The van der Waals surface area contributed by atoms with Gasteiger partial charge in [0.25, 0.3) is 0 Å². The van der Waals surface area contributed by atoms with Gasteiger partial charge in [0.05, 0.1) is 5.92 Å². The summed E-state index contributed by atoms with van der Waals surface area (Å²) in [5.41, 5.74) is 4.10. The van der Waals surface area contributed by atoms with E-state index < -0.39 is 23.6 Å². The molecular weight excluding hydrogens is 484 g/mol. The number of carboxylic acid groups (broad SMARTS) is 1. The maximum Gasteiger partial charge on any atom is 0.410 e. The maximum atomic E-state index is 13.0. The van der Waals surface area contributed by atoms with E-state index in [1.54, 1.807) is 25.7 Å². The minimum absolute atomic E-state index is 0.0116. The second-order valence-corrected chi connectivity index (χ2v) is 11.6. The van der Waals surface area contributed by atoms with Crippen LogP contribution in [0.25, 0.3) is 11.1 Å². The van der Waals surface area contributed by atoms with Gasteiger partial charge in [-0.3, -0.25) is 4.79 Å². The molecule has 2 aliphatic heterocycles. The van der Waals surface area contributed by atoms with E-state index >= 15 is 0 Å². The Balaban J connectivity index is 1.17. The molecule has 3 aliphatic rings. The van der Waals surface area contributed by atoms with Gasteiger partial charge in [-0.2, -0.15) is 0 Å². The molecule has 0 spiro atoms. The van der Waals surface area contributed by atoms with E-state index in [1.807, 2.05) is 24.3 Å². The fourth-order valence-electron chi connectivity index (χ4n) is 6.24. The van der Waals surface area contributed by atoms with Gasteiger partial charge in [0.15, 0.2) is 0 Å². The molecule has 0 bridgehead atoms. The number of ether oxygens (including phenoxy) is 2. The van der Waals surface area contributed by atoms with E-state index in [9.17, 15) is 19.5 Å². The van der Waals surface area contributed by atoms with Crippen LogP contribution >= 0.6 is 0 Å². The highest BCUT2D eigenvalue weighted by atomic mass is 16.6. The Hall–Kier alpha value is -3.55. The standard InChI is InChI=1S/C30H36N2O6/c1-30(2,3)38-29(36)32-16-24(25(17-32)27(33)34)19-12-14-31(15-13-19)28(35)37-18-26-22-10-6-4-8-20(22)21-9-5-7-11-23(21)26/h4-11,19,24-26H,12-18H2,1-3H3,(H,33,34)/t24-,25+/m1/s1. The highest BCUT2D eigenvalue weighted by Crippen LogP contribution is 2.44. The lowest BCUT2D eigenvalue weighted by Gasteiger charge is -2.35. The number of piperidine rings is 1. The van der Waals surface area contributed by atoms with Crippen molar-refractivity contribution >= 4 is 18.2 Å². The summed E-state index contributed by atoms with van der Waals surface area (Å²) >= 11 is 0. The molecule has 2 saturated heterocycles. The van der Waals surface area contributed by atoms with Crippen molar-refractivity contribution in [3.8, 4) is 11.1 Å². The van der Waals surface area contributed by atoms with Crippen molar-refractivity contribution in [2.45, 2.75) is 45.1 Å². The molecule has 8 nitrogen and oxygen atoms in total. The molecule has 5 rings (SSSR count). The van der Waals surface area contributed by atoms with Crippen LogP contribution in [0.15, 0.2) is 48.5 Å². The zero-order valence-corrected chi connectivity index (χ0v) is 22.3. The van der Waals surface area contributed by atoms with E-state index in [0.717, 1.165) is 0 Å². The van der Waals surface area contributed by atoms with E-state index in [0.29, 0.717) is 32.5 Å². The van der Waals surface area contributed by atoms with Gasteiger partial charge in [-0.15, -0.1) is 0 Å². The third kappa shape index (κ3) is 5.22. The van der Waals surface area contributed by atoms with Crippen LogP contribution in [0.4, 0.5) is 9.59 Å². The first-order chi connectivity index (χ1) is 18.1. The Labute approximate surface area is 223 Å². The summed E-state index contributed by atoms with van der Waals surface area (Å²) in [5, 5.41) is 9.84. The SMILES string of the molecule is CC(C)(C)OC(=O)N1C[C@H](C(=O)O)[C@@H](C2CCN(C(=O)OCC3c4ccccc4-c4ccccc43)CC2)C1. The Morgan fingerprint density at radius 2 is 1.45 bits per heavy atom. The van der Waals surface area contributed by atoms with Gasteiger partial charge in [0.2, 0.25) is 0 Å². The summed E-state index contributed by atoms with van der Waals surface area (Å²) in [4.78, 5) is 40.8. The molecule has 38 heavy (non-hydrogen) atoms. The summed E-state index contributed by atoms with van der Waals surface area (Å²) in [6.45, 7) is 7.21. The normalized spacial score (nSPS) is 21.7. The Bertz CT molecular complexity index is 1170. The fourth-order valence-corrected chi connectivity index (χ4v) is 6.24. The fraction of sp³-hybridized carbons (Fsp3) is 0.500. The number of likely N-dealkylation sites (tertiary alicyclic amines) is 2. The predicted molar refractivity (Wildman–Crippen MR) is 142 cm³/mol. The largest absolute Gasteiger partial charge is 0.481 e. The molecule has 0 radical (unpaired) electrons. The zero-order valence-electron chi connectivity index (χ0n) is 22.3. The molecule has 2 aromatic carbocycles. The number of benzene rings is 2. The number of rotatable bonds is 4. The van der Waals surface area contributed by atoms with E-state index in [1.165, 1.54) is 27.2 Å². The van der Waals surface area contributed by atoms with Crippen molar-refractivity contribution in [1.82, 2.24) is 9.80 Å². The summed E-state index contributed by atoms with van der Waals surface area (Å²) in [6, 6.07) is 16.5. The second kappa shape index (κ2) is 10.3. The van der Waals surface area contributed by atoms with Gasteiger partial charge in [-0.05, 0) is 67.7 Å². The molecule has 2 fully saturated rings. The van der Waals surface area contributed by atoms with Crippen molar-refractivity contribution in [2.75, 3.05) is 32.8 Å². The lowest BCUT2D eigenvalue weighted by molar-refractivity contribution is -0.143. The number of hydrogen-bond acceptors (Lipinski definition) is 5. The molecule has 2 atom stereocenters. The summed E-state index contributed by atoms with van der Waals surface area (Å²) < 4.78 is 11.3. The lowest BCUT2D eigenvalue weighted by atomic mass is 9.78. The quantitative estimate of drug-likeness (QED) is 0.594. The van der Waals surface area contributed by atoms with Crippen molar-refractivity contribution in [2.24, 2.45) is 17.8 Å². The van der Waals surface area contributed by atoms with Gasteiger partial charge in [0, 0.05) is 32.1 Å². The van der Waals surface area contributed by atoms with E-state index in [4.69, 9.17) is 9.47 Å². The molecule has 1 N–H and O–H groups in total. The molecule has 2 heterocycles. The Morgan fingerprint density at radius 3 is 2.00 bits per heavy atom. The number of carboxylic acids is 1. The highest BCUT2D eigenvalue weighted by molar-refractivity contribution is 5.79. The van der Waals surface area contributed by atoms with Gasteiger partial charge >= 0.3 is 18.2 Å². The van der Waals surface area contributed by atoms with Crippen LogP contribution in [0.3, 0.4) is 0 Å². The van der Waals surface area contributed by atoms with E-state index in [2.05, 4.69) is 24.3 Å². The molecule has 1 aliphatic carbocycles. The topological polar surface area (TPSA) is 96.4 Å². The summed E-state index contributed by atoms with van der Waals surface area (Å²) in [6.07, 6.45) is 0.561. The van der Waals surface area contributed by atoms with Crippen molar-refractivity contribution in [3.05, 3.63) is 59.7 Å². The molecular formula is C30H36N2O6. The van der Waals surface area contributed by atoms with Crippen LogP contribution in [-0.4, -0.2) is 71.4 Å². The summed E-state index contributed by atoms with van der Waals surface area (Å²) in [7, 11) is 0. The van der Waals surface area contributed by atoms with Crippen LogP contribution < -0.4 is 0 Å². The molecule has 0 saturated carbocycles. The molecule has 8 heteroatoms. The predicted octanol–water partition coefficient (Wildman–Crippen LogP) is 5.22. The number of nitrogens with zero attached hydrogens (tertiary/aromatic N) is 2. The lowest BCUT2D eigenvalue weighted by Crippen LogP contribution is -2.42. The molecule has 2 amide bonds. The monoisotopic (exact) mass is 520 g/mol. The van der Waals surface area contributed by atoms with Gasteiger partial charge in [-0.1, -0.05) is 48.5 Å². The smallest absolute Gasteiger partial charge is 0.410 e. The van der Waals surface area contributed by atoms with Crippen LogP contribution in [0, 0.1) is 17.8 Å². The first-order valence-corrected chi connectivity index (χ1v) is 13.4. The van der Waals surface area contributed by atoms with Crippen LogP contribution in [0.1, 0.15) is 50.7 Å². The average Bonchev–Trinajstić information content (AvgIpc) is 3.47.